The summed E-state index contributed by atoms with van der Waals surface area (Å²) in [5.41, 5.74) is 0.160. The first-order valence-electron chi connectivity index (χ1n) is 6.22. The number of rotatable bonds is 3. The van der Waals surface area contributed by atoms with Crippen LogP contribution in [0.3, 0.4) is 0 Å². The molecule has 2 aliphatic rings. The van der Waals surface area contributed by atoms with Crippen LogP contribution in [0.2, 0.25) is 0 Å². The lowest BCUT2D eigenvalue weighted by Gasteiger charge is -2.38. The van der Waals surface area contributed by atoms with E-state index in [0.717, 1.165) is 31.6 Å². The van der Waals surface area contributed by atoms with Gasteiger partial charge in [-0.15, -0.1) is 6.42 Å². The highest BCUT2D eigenvalue weighted by Gasteiger charge is 2.40. The second-order valence-corrected chi connectivity index (χ2v) is 5.92. The quantitative estimate of drug-likeness (QED) is 0.762. The minimum Gasteiger partial charge on any atom is -0.374 e. The van der Waals surface area contributed by atoms with Gasteiger partial charge in [-0.05, 0) is 31.4 Å². The molecule has 3 atom stereocenters. The maximum Gasteiger partial charge on any atom is 0.0795 e. The normalized spacial score (nSPS) is 36.1. The van der Waals surface area contributed by atoms with Crippen LogP contribution in [0.25, 0.3) is 0 Å². The fourth-order valence-corrected chi connectivity index (χ4v) is 3.98. The Morgan fingerprint density at radius 2 is 2.56 bits per heavy atom. The molecule has 1 N–H and O–H groups in total. The third-order valence-electron chi connectivity index (χ3n) is 3.61. The lowest BCUT2D eigenvalue weighted by molar-refractivity contribution is -0.0707. The maximum atomic E-state index is 5.99. The van der Waals surface area contributed by atoms with Gasteiger partial charge in [-0.25, -0.2) is 0 Å². The summed E-state index contributed by atoms with van der Waals surface area (Å²) >= 11 is 2.02. The van der Waals surface area contributed by atoms with Crippen LogP contribution in [-0.4, -0.2) is 35.8 Å². The average molecular weight is 239 g/mol. The average Bonchev–Trinajstić information content (AvgIpc) is 2.74. The first kappa shape index (κ1) is 12.3. The molecular formula is C13H21NOS. The standard InChI is InChI=1S/C13H21NOS/c1-3-11(4-2)14-12-5-7-15-13(9-12)6-8-16-10-13/h1,11-12,14H,4-10H2,2H3. The molecule has 0 aromatic heterocycles. The summed E-state index contributed by atoms with van der Waals surface area (Å²) in [6.07, 6.45) is 9.96. The third kappa shape index (κ3) is 2.74. The van der Waals surface area contributed by atoms with Gasteiger partial charge >= 0.3 is 0 Å². The summed E-state index contributed by atoms with van der Waals surface area (Å²) in [4.78, 5) is 0. The van der Waals surface area contributed by atoms with Gasteiger partial charge in [-0.1, -0.05) is 12.8 Å². The van der Waals surface area contributed by atoms with Crippen LogP contribution in [0.1, 0.15) is 32.6 Å². The number of hydrogen-bond acceptors (Lipinski definition) is 3. The first-order chi connectivity index (χ1) is 7.78. The van der Waals surface area contributed by atoms with E-state index in [9.17, 15) is 0 Å². The van der Waals surface area contributed by atoms with E-state index < -0.39 is 0 Å². The molecule has 0 aromatic carbocycles. The smallest absolute Gasteiger partial charge is 0.0795 e. The molecule has 90 valence electrons. The van der Waals surface area contributed by atoms with Gasteiger partial charge in [0.2, 0.25) is 0 Å². The summed E-state index contributed by atoms with van der Waals surface area (Å²) in [5, 5.41) is 3.58. The Balaban J connectivity index is 1.89. The molecule has 2 aliphatic heterocycles. The number of terminal acetylenes is 1. The van der Waals surface area contributed by atoms with E-state index in [2.05, 4.69) is 18.2 Å². The summed E-state index contributed by atoms with van der Waals surface area (Å²) < 4.78 is 5.99. The van der Waals surface area contributed by atoms with E-state index in [1.807, 2.05) is 11.8 Å². The topological polar surface area (TPSA) is 21.3 Å². The van der Waals surface area contributed by atoms with E-state index >= 15 is 0 Å². The van der Waals surface area contributed by atoms with Crippen LogP contribution in [0.15, 0.2) is 0 Å². The fourth-order valence-electron chi connectivity index (χ4n) is 2.60. The van der Waals surface area contributed by atoms with E-state index in [4.69, 9.17) is 11.2 Å². The van der Waals surface area contributed by atoms with Crippen molar-refractivity contribution in [3.63, 3.8) is 0 Å². The van der Waals surface area contributed by atoms with Gasteiger partial charge in [0.05, 0.1) is 11.6 Å². The molecule has 2 heterocycles. The predicted octanol–water partition coefficient (Wildman–Crippen LogP) is 2.04. The van der Waals surface area contributed by atoms with E-state index in [1.54, 1.807) is 0 Å². The van der Waals surface area contributed by atoms with Crippen molar-refractivity contribution in [1.29, 1.82) is 0 Å². The molecule has 2 saturated heterocycles. The maximum absolute atomic E-state index is 5.99. The number of thioether (sulfide) groups is 1. The van der Waals surface area contributed by atoms with Gasteiger partial charge in [-0.3, -0.25) is 0 Å². The minimum absolute atomic E-state index is 0.160. The highest BCUT2D eigenvalue weighted by molar-refractivity contribution is 7.99. The summed E-state index contributed by atoms with van der Waals surface area (Å²) in [7, 11) is 0. The van der Waals surface area contributed by atoms with Gasteiger partial charge in [0, 0.05) is 18.4 Å². The Hall–Kier alpha value is -0.170. The lowest BCUT2D eigenvalue weighted by Crippen LogP contribution is -2.49. The van der Waals surface area contributed by atoms with E-state index in [-0.39, 0.29) is 11.6 Å². The number of nitrogens with one attached hydrogen (secondary N) is 1. The predicted molar refractivity (Wildman–Crippen MR) is 69.7 cm³/mol. The Kier molecular flexibility index (Phi) is 4.18. The second kappa shape index (κ2) is 5.44. The Labute approximate surface area is 103 Å². The van der Waals surface area contributed by atoms with Crippen LogP contribution >= 0.6 is 11.8 Å². The van der Waals surface area contributed by atoms with Crippen molar-refractivity contribution >= 4 is 11.8 Å². The van der Waals surface area contributed by atoms with Crippen molar-refractivity contribution in [3.05, 3.63) is 0 Å². The van der Waals surface area contributed by atoms with Crippen LogP contribution < -0.4 is 5.32 Å². The third-order valence-corrected chi connectivity index (χ3v) is 4.83. The molecule has 2 nitrogen and oxygen atoms in total. The van der Waals surface area contributed by atoms with Gasteiger partial charge < -0.3 is 10.1 Å². The van der Waals surface area contributed by atoms with Crippen molar-refractivity contribution in [2.24, 2.45) is 0 Å². The van der Waals surface area contributed by atoms with E-state index in [1.165, 1.54) is 12.2 Å². The number of hydrogen-bond donors (Lipinski definition) is 1. The zero-order valence-corrected chi connectivity index (χ0v) is 10.8. The van der Waals surface area contributed by atoms with Crippen molar-refractivity contribution < 1.29 is 4.74 Å². The largest absolute Gasteiger partial charge is 0.374 e. The summed E-state index contributed by atoms with van der Waals surface area (Å²) in [5.74, 6) is 5.23. The lowest BCUT2D eigenvalue weighted by atomic mass is 9.89. The first-order valence-corrected chi connectivity index (χ1v) is 7.37. The zero-order valence-electron chi connectivity index (χ0n) is 10.00. The summed E-state index contributed by atoms with van der Waals surface area (Å²) in [6.45, 7) is 3.03. The molecule has 3 heteroatoms. The number of ether oxygens (including phenoxy) is 1. The van der Waals surface area contributed by atoms with Crippen molar-refractivity contribution in [2.45, 2.75) is 50.3 Å². The van der Waals surface area contributed by atoms with Gasteiger partial charge in [-0.2, -0.15) is 11.8 Å². The Bertz CT molecular complexity index is 268. The zero-order chi connectivity index (χ0) is 11.4. The molecule has 0 aromatic rings. The van der Waals surface area contributed by atoms with Crippen molar-refractivity contribution in [2.75, 3.05) is 18.1 Å². The van der Waals surface area contributed by atoms with Crippen LogP contribution in [0.5, 0.6) is 0 Å². The molecule has 3 unspecified atom stereocenters. The van der Waals surface area contributed by atoms with Crippen LogP contribution in [0.4, 0.5) is 0 Å². The van der Waals surface area contributed by atoms with Crippen molar-refractivity contribution in [3.8, 4) is 12.3 Å². The van der Waals surface area contributed by atoms with Crippen LogP contribution in [-0.2, 0) is 4.74 Å². The van der Waals surface area contributed by atoms with Gasteiger partial charge in [0.1, 0.15) is 0 Å². The highest BCUT2D eigenvalue weighted by atomic mass is 32.2. The molecular weight excluding hydrogens is 218 g/mol. The molecule has 1 spiro atoms. The molecule has 0 radical (unpaired) electrons. The molecule has 16 heavy (non-hydrogen) atoms. The van der Waals surface area contributed by atoms with E-state index in [0.29, 0.717) is 6.04 Å². The fraction of sp³-hybridized carbons (Fsp3) is 0.846. The summed E-state index contributed by atoms with van der Waals surface area (Å²) in [6, 6.07) is 0.780. The van der Waals surface area contributed by atoms with Gasteiger partial charge in [0.15, 0.2) is 0 Å². The molecule has 0 aliphatic carbocycles. The molecule has 2 fully saturated rings. The second-order valence-electron chi connectivity index (χ2n) is 4.82. The van der Waals surface area contributed by atoms with Crippen LogP contribution in [0, 0.1) is 12.3 Å². The SMILES string of the molecule is C#CC(CC)NC1CCOC2(CCSC2)C1. The minimum atomic E-state index is 0.160. The van der Waals surface area contributed by atoms with Gasteiger partial charge in [0.25, 0.3) is 0 Å². The Morgan fingerprint density at radius 3 is 3.19 bits per heavy atom. The van der Waals surface area contributed by atoms with Crippen molar-refractivity contribution in [1.82, 2.24) is 5.32 Å². The molecule has 0 amide bonds. The highest BCUT2D eigenvalue weighted by Crippen LogP contribution is 2.38. The molecule has 0 saturated carbocycles. The Morgan fingerprint density at radius 1 is 1.69 bits per heavy atom. The monoisotopic (exact) mass is 239 g/mol. The molecule has 0 bridgehead atoms. The molecule has 2 rings (SSSR count).